The molecule has 0 radical (unpaired) electrons. The predicted molar refractivity (Wildman–Crippen MR) is 87.0 cm³/mol. The van der Waals surface area contributed by atoms with Crippen LogP contribution in [0.25, 0.3) is 10.8 Å². The minimum atomic E-state index is 0.476. The van der Waals surface area contributed by atoms with Crippen LogP contribution in [0.1, 0.15) is 23.6 Å². The zero-order valence-electron chi connectivity index (χ0n) is 11.9. The first kappa shape index (κ1) is 13.1. The van der Waals surface area contributed by atoms with Gasteiger partial charge in [-0.3, -0.25) is 4.90 Å². The molecule has 20 heavy (non-hydrogen) atoms. The van der Waals surface area contributed by atoms with E-state index in [4.69, 9.17) is 0 Å². The molecule has 0 bridgehead atoms. The van der Waals surface area contributed by atoms with Crippen molar-refractivity contribution in [1.29, 1.82) is 0 Å². The maximum Gasteiger partial charge on any atom is 0.0364 e. The molecule has 0 N–H and O–H groups in total. The summed E-state index contributed by atoms with van der Waals surface area (Å²) in [5, 5.41) is 2.83. The van der Waals surface area contributed by atoms with Gasteiger partial charge in [0.15, 0.2) is 0 Å². The van der Waals surface area contributed by atoms with E-state index in [1.165, 1.54) is 28.3 Å². The van der Waals surface area contributed by atoms with Gasteiger partial charge >= 0.3 is 0 Å². The largest absolute Gasteiger partial charge is 0.289 e. The third-order valence-electron chi connectivity index (χ3n) is 4.24. The van der Waals surface area contributed by atoms with E-state index in [2.05, 4.69) is 54.5 Å². The molecule has 0 heterocycles. The minimum Gasteiger partial charge on any atom is -0.289 e. The Morgan fingerprint density at radius 2 is 1.75 bits per heavy atom. The van der Waals surface area contributed by atoms with Gasteiger partial charge in [0.05, 0.1) is 0 Å². The molecular weight excluding hydrogens is 242 g/mol. The van der Waals surface area contributed by atoms with Crippen molar-refractivity contribution >= 4 is 10.8 Å². The minimum absolute atomic E-state index is 0.476. The van der Waals surface area contributed by atoms with Crippen molar-refractivity contribution in [2.75, 3.05) is 13.1 Å². The SMILES string of the molecule is C=CCN(CC=C)C1CCc2cccc3cccc1c23. The van der Waals surface area contributed by atoms with Crippen molar-refractivity contribution < 1.29 is 0 Å². The first-order valence-corrected chi connectivity index (χ1v) is 7.31. The van der Waals surface area contributed by atoms with Crippen LogP contribution in [0.3, 0.4) is 0 Å². The molecule has 1 aliphatic rings. The van der Waals surface area contributed by atoms with Crippen molar-refractivity contribution in [1.82, 2.24) is 4.90 Å². The summed E-state index contributed by atoms with van der Waals surface area (Å²) in [5.74, 6) is 0. The lowest BCUT2D eigenvalue weighted by Gasteiger charge is -2.34. The Hall–Kier alpha value is -1.86. The van der Waals surface area contributed by atoms with E-state index in [1.807, 2.05) is 12.2 Å². The molecule has 0 aromatic heterocycles. The Balaban J connectivity index is 2.10. The van der Waals surface area contributed by atoms with Crippen LogP contribution in [0.4, 0.5) is 0 Å². The van der Waals surface area contributed by atoms with Crippen LogP contribution in [0.15, 0.2) is 61.7 Å². The van der Waals surface area contributed by atoms with Crippen molar-refractivity contribution in [2.24, 2.45) is 0 Å². The van der Waals surface area contributed by atoms with Gasteiger partial charge in [-0.05, 0) is 34.7 Å². The fourth-order valence-corrected chi connectivity index (χ4v) is 3.42. The second-order valence-corrected chi connectivity index (χ2v) is 5.45. The molecule has 0 fully saturated rings. The van der Waals surface area contributed by atoms with E-state index < -0.39 is 0 Å². The van der Waals surface area contributed by atoms with E-state index in [1.54, 1.807) is 0 Å². The summed E-state index contributed by atoms with van der Waals surface area (Å²) in [6.07, 6.45) is 6.32. The van der Waals surface area contributed by atoms with E-state index in [0.717, 1.165) is 19.5 Å². The highest BCUT2D eigenvalue weighted by Gasteiger charge is 2.25. The van der Waals surface area contributed by atoms with E-state index >= 15 is 0 Å². The number of benzene rings is 2. The molecule has 102 valence electrons. The molecule has 0 saturated heterocycles. The number of aryl methyl sites for hydroxylation is 1. The lowest BCUT2D eigenvalue weighted by Crippen LogP contribution is -2.31. The first-order valence-electron chi connectivity index (χ1n) is 7.31. The van der Waals surface area contributed by atoms with Gasteiger partial charge in [-0.25, -0.2) is 0 Å². The number of rotatable bonds is 5. The Kier molecular flexibility index (Phi) is 3.70. The zero-order valence-corrected chi connectivity index (χ0v) is 11.9. The van der Waals surface area contributed by atoms with Gasteiger partial charge in [0.25, 0.3) is 0 Å². The molecule has 2 aromatic carbocycles. The molecular formula is C19H21N. The third-order valence-corrected chi connectivity index (χ3v) is 4.24. The molecule has 1 nitrogen and oxygen atoms in total. The molecule has 0 spiro atoms. The molecule has 1 unspecified atom stereocenters. The van der Waals surface area contributed by atoms with E-state index in [0.29, 0.717) is 6.04 Å². The third kappa shape index (κ3) is 2.19. The normalized spacial score (nSPS) is 17.4. The number of hydrogen-bond acceptors (Lipinski definition) is 1. The van der Waals surface area contributed by atoms with E-state index in [9.17, 15) is 0 Å². The lowest BCUT2D eigenvalue weighted by atomic mass is 9.84. The molecule has 1 aliphatic carbocycles. The Labute approximate surface area is 121 Å². The van der Waals surface area contributed by atoms with Crippen LogP contribution in [-0.2, 0) is 6.42 Å². The second kappa shape index (κ2) is 5.64. The Morgan fingerprint density at radius 3 is 2.45 bits per heavy atom. The summed E-state index contributed by atoms with van der Waals surface area (Å²) in [6, 6.07) is 13.8. The second-order valence-electron chi connectivity index (χ2n) is 5.45. The van der Waals surface area contributed by atoms with Crippen LogP contribution in [0, 0.1) is 0 Å². The van der Waals surface area contributed by atoms with Gasteiger partial charge < -0.3 is 0 Å². The highest BCUT2D eigenvalue weighted by atomic mass is 15.1. The number of nitrogens with zero attached hydrogens (tertiary/aromatic N) is 1. The van der Waals surface area contributed by atoms with Crippen LogP contribution in [0.2, 0.25) is 0 Å². The van der Waals surface area contributed by atoms with Crippen LogP contribution in [-0.4, -0.2) is 18.0 Å². The summed E-state index contributed by atoms with van der Waals surface area (Å²) in [7, 11) is 0. The summed E-state index contributed by atoms with van der Waals surface area (Å²) in [4.78, 5) is 2.46. The molecule has 0 saturated carbocycles. The smallest absolute Gasteiger partial charge is 0.0364 e. The molecule has 0 amide bonds. The van der Waals surface area contributed by atoms with Gasteiger partial charge in [-0.15, -0.1) is 13.2 Å². The van der Waals surface area contributed by atoms with Crippen LogP contribution >= 0.6 is 0 Å². The molecule has 0 aliphatic heterocycles. The van der Waals surface area contributed by atoms with Gasteiger partial charge in [0, 0.05) is 19.1 Å². The lowest BCUT2D eigenvalue weighted by molar-refractivity contribution is 0.230. The predicted octanol–water partition coefficient (Wildman–Crippen LogP) is 4.50. The fraction of sp³-hybridized carbons (Fsp3) is 0.263. The topological polar surface area (TPSA) is 3.24 Å². The van der Waals surface area contributed by atoms with Gasteiger partial charge in [-0.2, -0.15) is 0 Å². The zero-order chi connectivity index (χ0) is 13.9. The summed E-state index contributed by atoms with van der Waals surface area (Å²) >= 11 is 0. The van der Waals surface area contributed by atoms with Crippen LogP contribution in [0.5, 0.6) is 0 Å². The molecule has 3 rings (SSSR count). The molecule has 1 heteroatoms. The quantitative estimate of drug-likeness (QED) is 0.718. The van der Waals surface area contributed by atoms with Gasteiger partial charge in [0.1, 0.15) is 0 Å². The van der Waals surface area contributed by atoms with Crippen molar-refractivity contribution in [2.45, 2.75) is 18.9 Å². The maximum atomic E-state index is 3.89. The van der Waals surface area contributed by atoms with Gasteiger partial charge in [-0.1, -0.05) is 48.6 Å². The Bertz CT molecular complexity index is 626. The molecule has 1 atom stereocenters. The van der Waals surface area contributed by atoms with Gasteiger partial charge in [0.2, 0.25) is 0 Å². The molecule has 2 aromatic rings. The summed E-state index contributed by atoms with van der Waals surface area (Å²) in [5.41, 5.74) is 2.96. The van der Waals surface area contributed by atoms with Crippen molar-refractivity contribution in [3.8, 4) is 0 Å². The highest BCUT2D eigenvalue weighted by Crippen LogP contribution is 2.38. The summed E-state index contributed by atoms with van der Waals surface area (Å²) < 4.78 is 0. The standard InChI is InChI=1S/C19H21N/c1-3-13-20(14-4-2)18-12-11-16-8-5-7-15-9-6-10-17(18)19(15)16/h3-10,18H,1-2,11-14H2. The Morgan fingerprint density at radius 1 is 1.05 bits per heavy atom. The van der Waals surface area contributed by atoms with Crippen LogP contribution < -0.4 is 0 Å². The van der Waals surface area contributed by atoms with Crippen molar-refractivity contribution in [3.05, 3.63) is 72.8 Å². The summed E-state index contributed by atoms with van der Waals surface area (Å²) in [6.45, 7) is 9.61. The number of hydrogen-bond donors (Lipinski definition) is 0. The monoisotopic (exact) mass is 263 g/mol. The highest BCUT2D eigenvalue weighted by molar-refractivity contribution is 5.90. The van der Waals surface area contributed by atoms with E-state index in [-0.39, 0.29) is 0 Å². The average molecular weight is 263 g/mol. The van der Waals surface area contributed by atoms with Crippen molar-refractivity contribution in [3.63, 3.8) is 0 Å². The first-order chi connectivity index (χ1) is 9.85. The average Bonchev–Trinajstić information content (AvgIpc) is 2.48. The maximum absolute atomic E-state index is 3.89. The fourth-order valence-electron chi connectivity index (χ4n) is 3.42.